The normalized spacial score (nSPS) is 29.3. The van der Waals surface area contributed by atoms with Crippen molar-refractivity contribution in [3.8, 4) is 0 Å². The summed E-state index contributed by atoms with van der Waals surface area (Å²) < 4.78 is 7.60. The lowest BCUT2D eigenvalue weighted by atomic mass is 10.0. The summed E-state index contributed by atoms with van der Waals surface area (Å²) in [7, 11) is 0. The number of rotatable bonds is 2. The lowest BCUT2D eigenvalue weighted by Crippen LogP contribution is -2.23. The highest BCUT2D eigenvalue weighted by atomic mass is 16.5. The van der Waals surface area contributed by atoms with Crippen molar-refractivity contribution in [2.45, 2.75) is 38.3 Å². The Balaban J connectivity index is 1.79. The van der Waals surface area contributed by atoms with Gasteiger partial charge in [0.05, 0.1) is 6.04 Å². The molecule has 0 aliphatic carbocycles. The van der Waals surface area contributed by atoms with Crippen LogP contribution in [-0.2, 0) is 17.7 Å². The molecule has 2 atom stereocenters. The van der Waals surface area contributed by atoms with E-state index >= 15 is 0 Å². The molecule has 2 N–H and O–H groups in total. The first-order valence-corrected chi connectivity index (χ1v) is 6.10. The van der Waals surface area contributed by atoms with Gasteiger partial charge < -0.3 is 15.0 Å². The molecule has 3 heterocycles. The van der Waals surface area contributed by atoms with Crippen LogP contribution in [0.4, 0.5) is 0 Å². The van der Waals surface area contributed by atoms with E-state index < -0.39 is 0 Å². The summed E-state index contributed by atoms with van der Waals surface area (Å²) >= 11 is 0. The van der Waals surface area contributed by atoms with E-state index in [0.717, 1.165) is 57.1 Å². The van der Waals surface area contributed by atoms with Gasteiger partial charge in [-0.05, 0) is 25.2 Å². The maximum Gasteiger partial charge on any atom is 0.149 e. The number of hydrogen-bond donors (Lipinski definition) is 1. The van der Waals surface area contributed by atoms with Gasteiger partial charge in [-0.1, -0.05) is 0 Å². The maximum absolute atomic E-state index is 6.02. The third kappa shape index (κ3) is 1.74. The summed E-state index contributed by atoms with van der Waals surface area (Å²) in [5.41, 5.74) is 6.02. The quantitative estimate of drug-likeness (QED) is 0.798. The van der Waals surface area contributed by atoms with E-state index in [-0.39, 0.29) is 6.04 Å². The molecule has 2 aliphatic rings. The Bertz CT molecular complexity index is 370. The minimum Gasteiger partial charge on any atom is -0.381 e. The first-order chi connectivity index (χ1) is 7.84. The van der Waals surface area contributed by atoms with Crippen LogP contribution in [0.5, 0.6) is 0 Å². The zero-order valence-corrected chi connectivity index (χ0v) is 9.43. The number of aromatic nitrogens is 3. The van der Waals surface area contributed by atoms with Crippen LogP contribution >= 0.6 is 0 Å². The van der Waals surface area contributed by atoms with Crippen LogP contribution in [-0.4, -0.2) is 28.0 Å². The molecular weight excluding hydrogens is 204 g/mol. The summed E-state index contributed by atoms with van der Waals surface area (Å²) in [5.74, 6) is 2.69. The first kappa shape index (κ1) is 10.2. The van der Waals surface area contributed by atoms with Gasteiger partial charge >= 0.3 is 0 Å². The molecule has 1 aromatic heterocycles. The van der Waals surface area contributed by atoms with Gasteiger partial charge in [-0.25, -0.2) is 0 Å². The van der Waals surface area contributed by atoms with Gasteiger partial charge in [0, 0.05) is 26.2 Å². The van der Waals surface area contributed by atoms with E-state index in [1.54, 1.807) is 0 Å². The molecule has 2 aliphatic heterocycles. The fraction of sp³-hybridized carbons (Fsp3) is 0.818. The highest BCUT2D eigenvalue weighted by Crippen LogP contribution is 2.24. The van der Waals surface area contributed by atoms with Crippen LogP contribution in [0.1, 0.15) is 37.0 Å². The summed E-state index contributed by atoms with van der Waals surface area (Å²) in [6.07, 6.45) is 4.30. The third-order valence-electron chi connectivity index (χ3n) is 3.58. The summed E-state index contributed by atoms with van der Waals surface area (Å²) in [4.78, 5) is 0. The standard InChI is InChI=1S/C11H18N4O/c12-9-2-1-4-15-10(13-14-11(9)15)6-8-3-5-16-7-8/h8-9H,1-7,12H2. The number of nitrogens with zero attached hydrogens (tertiary/aromatic N) is 3. The molecule has 1 saturated heterocycles. The maximum atomic E-state index is 6.02. The fourth-order valence-corrected chi connectivity index (χ4v) is 2.62. The Kier molecular flexibility index (Phi) is 2.65. The molecule has 0 saturated carbocycles. The largest absolute Gasteiger partial charge is 0.381 e. The van der Waals surface area contributed by atoms with Gasteiger partial charge in [-0.2, -0.15) is 0 Å². The predicted molar refractivity (Wildman–Crippen MR) is 58.8 cm³/mol. The zero-order valence-electron chi connectivity index (χ0n) is 9.43. The van der Waals surface area contributed by atoms with Crippen molar-refractivity contribution in [3.63, 3.8) is 0 Å². The van der Waals surface area contributed by atoms with E-state index in [4.69, 9.17) is 10.5 Å². The van der Waals surface area contributed by atoms with Gasteiger partial charge in [0.25, 0.3) is 0 Å². The molecule has 3 rings (SSSR count). The van der Waals surface area contributed by atoms with Crippen LogP contribution in [0.3, 0.4) is 0 Å². The zero-order chi connectivity index (χ0) is 11.0. The van der Waals surface area contributed by atoms with E-state index in [2.05, 4.69) is 14.8 Å². The minimum atomic E-state index is 0.0785. The summed E-state index contributed by atoms with van der Waals surface area (Å²) in [5, 5.41) is 8.52. The average Bonchev–Trinajstić information content (AvgIpc) is 2.90. The number of fused-ring (bicyclic) bond motifs is 1. The van der Waals surface area contributed by atoms with E-state index in [1.165, 1.54) is 0 Å². The van der Waals surface area contributed by atoms with Crippen molar-refractivity contribution >= 4 is 0 Å². The molecule has 5 nitrogen and oxygen atoms in total. The molecular formula is C11H18N4O. The van der Waals surface area contributed by atoms with Crippen LogP contribution in [0, 0.1) is 5.92 Å². The van der Waals surface area contributed by atoms with Crippen molar-refractivity contribution in [2.75, 3.05) is 13.2 Å². The molecule has 0 amide bonds. The molecule has 0 aromatic carbocycles. The molecule has 16 heavy (non-hydrogen) atoms. The van der Waals surface area contributed by atoms with Gasteiger partial charge in [0.2, 0.25) is 0 Å². The molecule has 0 radical (unpaired) electrons. The Morgan fingerprint density at radius 3 is 3.12 bits per heavy atom. The Morgan fingerprint density at radius 1 is 1.38 bits per heavy atom. The number of nitrogens with two attached hydrogens (primary N) is 1. The first-order valence-electron chi connectivity index (χ1n) is 6.10. The average molecular weight is 222 g/mol. The molecule has 5 heteroatoms. The van der Waals surface area contributed by atoms with E-state index in [0.29, 0.717) is 5.92 Å². The molecule has 1 fully saturated rings. The predicted octanol–water partition coefficient (Wildman–Crippen LogP) is 0.651. The van der Waals surface area contributed by atoms with Crippen LogP contribution in [0.25, 0.3) is 0 Å². The second kappa shape index (κ2) is 4.14. The summed E-state index contributed by atoms with van der Waals surface area (Å²) in [6.45, 7) is 2.79. The topological polar surface area (TPSA) is 66.0 Å². The second-order valence-electron chi connectivity index (χ2n) is 4.81. The highest BCUT2D eigenvalue weighted by Gasteiger charge is 2.25. The van der Waals surface area contributed by atoms with Gasteiger partial charge in [-0.3, -0.25) is 0 Å². The van der Waals surface area contributed by atoms with E-state index in [1.807, 2.05) is 0 Å². The van der Waals surface area contributed by atoms with E-state index in [9.17, 15) is 0 Å². The number of ether oxygens (including phenoxy) is 1. The minimum absolute atomic E-state index is 0.0785. The van der Waals surface area contributed by atoms with Crippen molar-refractivity contribution in [1.29, 1.82) is 0 Å². The Morgan fingerprint density at radius 2 is 2.31 bits per heavy atom. The van der Waals surface area contributed by atoms with Crippen molar-refractivity contribution in [2.24, 2.45) is 11.7 Å². The summed E-state index contributed by atoms with van der Waals surface area (Å²) in [6, 6.07) is 0.0785. The monoisotopic (exact) mass is 222 g/mol. The molecule has 0 spiro atoms. The van der Waals surface area contributed by atoms with Crippen LogP contribution < -0.4 is 5.73 Å². The lowest BCUT2D eigenvalue weighted by Gasteiger charge is -2.20. The smallest absolute Gasteiger partial charge is 0.149 e. The molecule has 0 bridgehead atoms. The fourth-order valence-electron chi connectivity index (χ4n) is 2.62. The Hall–Kier alpha value is -0.940. The number of hydrogen-bond acceptors (Lipinski definition) is 4. The van der Waals surface area contributed by atoms with Crippen LogP contribution in [0.15, 0.2) is 0 Å². The highest BCUT2D eigenvalue weighted by molar-refractivity contribution is 5.04. The van der Waals surface area contributed by atoms with Gasteiger partial charge in [-0.15, -0.1) is 10.2 Å². The molecule has 2 unspecified atom stereocenters. The SMILES string of the molecule is NC1CCCn2c(CC3CCOC3)nnc21. The molecule has 1 aromatic rings. The van der Waals surface area contributed by atoms with Gasteiger partial charge in [0.1, 0.15) is 11.6 Å². The lowest BCUT2D eigenvalue weighted by molar-refractivity contribution is 0.185. The second-order valence-corrected chi connectivity index (χ2v) is 4.81. The van der Waals surface area contributed by atoms with Crippen molar-refractivity contribution in [1.82, 2.24) is 14.8 Å². The third-order valence-corrected chi connectivity index (χ3v) is 3.58. The van der Waals surface area contributed by atoms with Crippen molar-refractivity contribution < 1.29 is 4.74 Å². The van der Waals surface area contributed by atoms with Crippen LogP contribution in [0.2, 0.25) is 0 Å². The van der Waals surface area contributed by atoms with Crippen molar-refractivity contribution in [3.05, 3.63) is 11.6 Å². The van der Waals surface area contributed by atoms with Gasteiger partial charge in [0.15, 0.2) is 0 Å². The Labute approximate surface area is 95.0 Å². The molecule has 88 valence electrons.